The normalized spacial score (nSPS) is 12.9. The molecule has 3 aromatic carbocycles. The number of ether oxygens (including phenoxy) is 2. The smallest absolute Gasteiger partial charge is 0.326 e. The molecule has 4 rings (SSSR count). The van der Waals surface area contributed by atoms with Crippen molar-refractivity contribution < 1.29 is 28.8 Å². The molecule has 0 radical (unpaired) electrons. The fraction of sp³-hybridized carbons (Fsp3) is 0.222. The Labute approximate surface area is 213 Å². The third-order valence-corrected chi connectivity index (χ3v) is 5.79. The van der Waals surface area contributed by atoms with Crippen LogP contribution in [0.5, 0.6) is 5.75 Å². The van der Waals surface area contributed by atoms with Crippen LogP contribution in [0.2, 0.25) is 0 Å². The zero-order chi connectivity index (χ0) is 26.4. The second kappa shape index (κ2) is 11.3. The van der Waals surface area contributed by atoms with Crippen molar-refractivity contribution in [3.05, 3.63) is 94.0 Å². The lowest BCUT2D eigenvalue weighted by atomic mass is 10.1. The molecule has 0 unspecified atom stereocenters. The van der Waals surface area contributed by atoms with Crippen LogP contribution in [0.25, 0.3) is 0 Å². The van der Waals surface area contributed by atoms with Crippen LogP contribution in [-0.4, -0.2) is 42.4 Å². The van der Waals surface area contributed by atoms with E-state index in [0.29, 0.717) is 11.4 Å². The van der Waals surface area contributed by atoms with Gasteiger partial charge in [0.1, 0.15) is 13.2 Å². The molecule has 0 bridgehead atoms. The summed E-state index contributed by atoms with van der Waals surface area (Å²) in [4.78, 5) is 52.4. The molecule has 0 saturated heterocycles. The number of nitro groups is 1. The molecule has 0 N–H and O–H groups in total. The Morgan fingerprint density at radius 2 is 1.70 bits per heavy atom. The predicted molar refractivity (Wildman–Crippen MR) is 136 cm³/mol. The molecule has 37 heavy (non-hydrogen) atoms. The number of hydrogen-bond donors (Lipinski definition) is 0. The topological polar surface area (TPSA) is 119 Å². The van der Waals surface area contributed by atoms with E-state index in [1.807, 2.05) is 30.3 Å². The molecule has 0 saturated carbocycles. The number of rotatable bonds is 8. The molecular weight excluding hydrogens is 478 g/mol. The first-order valence-corrected chi connectivity index (χ1v) is 11.7. The first-order valence-electron chi connectivity index (χ1n) is 11.7. The van der Waals surface area contributed by atoms with E-state index in [4.69, 9.17) is 9.47 Å². The van der Waals surface area contributed by atoms with Gasteiger partial charge in [-0.15, -0.1) is 0 Å². The van der Waals surface area contributed by atoms with E-state index < -0.39 is 16.8 Å². The molecule has 0 spiro atoms. The van der Waals surface area contributed by atoms with Gasteiger partial charge in [-0.1, -0.05) is 42.5 Å². The van der Waals surface area contributed by atoms with Crippen LogP contribution in [-0.2, 0) is 20.9 Å². The maximum absolute atomic E-state index is 13.6. The quantitative estimate of drug-likeness (QED) is 0.258. The number of fused-ring (bicyclic) bond motifs is 1. The highest BCUT2D eigenvalue weighted by atomic mass is 16.6. The molecule has 0 aliphatic carbocycles. The third-order valence-electron chi connectivity index (χ3n) is 5.79. The van der Waals surface area contributed by atoms with Crippen molar-refractivity contribution in [1.29, 1.82) is 0 Å². The van der Waals surface area contributed by atoms with Gasteiger partial charge in [-0.25, -0.2) is 0 Å². The number of esters is 1. The number of carbonyl (C=O) groups is 3. The van der Waals surface area contributed by atoms with Gasteiger partial charge in [0.05, 0.1) is 22.9 Å². The second-order valence-corrected chi connectivity index (χ2v) is 8.19. The summed E-state index contributed by atoms with van der Waals surface area (Å²) in [6.45, 7) is 1.73. The van der Waals surface area contributed by atoms with E-state index in [2.05, 4.69) is 0 Å². The number of anilines is 2. The van der Waals surface area contributed by atoms with Gasteiger partial charge in [0.2, 0.25) is 5.91 Å². The van der Waals surface area contributed by atoms with Crippen LogP contribution >= 0.6 is 0 Å². The summed E-state index contributed by atoms with van der Waals surface area (Å²) in [5.74, 6) is -1.38. The summed E-state index contributed by atoms with van der Waals surface area (Å²) in [5, 5.41) is 11.6. The van der Waals surface area contributed by atoms with Crippen molar-refractivity contribution >= 4 is 34.8 Å². The molecule has 0 aromatic heterocycles. The number of para-hydroxylation sites is 2. The Morgan fingerprint density at radius 3 is 2.41 bits per heavy atom. The van der Waals surface area contributed by atoms with E-state index in [1.54, 1.807) is 31.2 Å². The highest BCUT2D eigenvalue weighted by molar-refractivity contribution is 6.12. The van der Waals surface area contributed by atoms with Gasteiger partial charge >= 0.3 is 11.7 Å². The maximum Gasteiger partial charge on any atom is 0.326 e. The number of benzene rings is 3. The highest BCUT2D eigenvalue weighted by Gasteiger charge is 2.31. The van der Waals surface area contributed by atoms with Crippen LogP contribution in [0, 0.1) is 10.1 Å². The third kappa shape index (κ3) is 5.75. The minimum absolute atomic E-state index is 0.0236. The minimum Gasteiger partial charge on any atom is -0.482 e. The number of nitro benzene ring substituents is 1. The first-order chi connectivity index (χ1) is 17.9. The Bertz CT molecular complexity index is 1330. The van der Waals surface area contributed by atoms with Gasteiger partial charge in [0, 0.05) is 30.7 Å². The zero-order valence-corrected chi connectivity index (χ0v) is 20.2. The van der Waals surface area contributed by atoms with Crippen molar-refractivity contribution in [2.75, 3.05) is 29.5 Å². The summed E-state index contributed by atoms with van der Waals surface area (Å²) in [6.07, 6.45) is -0.0236. The largest absolute Gasteiger partial charge is 0.482 e. The molecule has 10 heteroatoms. The van der Waals surface area contributed by atoms with Gasteiger partial charge < -0.3 is 14.4 Å². The van der Waals surface area contributed by atoms with Crippen molar-refractivity contribution in [3.63, 3.8) is 0 Å². The Morgan fingerprint density at radius 1 is 1.00 bits per heavy atom. The Hall–Kier alpha value is -4.73. The lowest BCUT2D eigenvalue weighted by Crippen LogP contribution is -2.36. The Kier molecular flexibility index (Phi) is 7.77. The number of hydrogen-bond acceptors (Lipinski definition) is 7. The highest BCUT2D eigenvalue weighted by Crippen LogP contribution is 2.35. The fourth-order valence-electron chi connectivity index (χ4n) is 4.04. The van der Waals surface area contributed by atoms with Crippen LogP contribution in [0.3, 0.4) is 0 Å². The SMILES string of the molecule is CCOC(=O)CN1C(=O)CCN(C(=O)c2ccc([N+](=O)[O-])c(OCc3ccccc3)c2)c2ccccc21. The first kappa shape index (κ1) is 25.4. The molecule has 3 aromatic rings. The standard InChI is InChI=1S/C27H25N3O7/c1-2-36-26(32)17-29-22-11-7-6-10-21(22)28(15-14-25(29)31)27(33)20-12-13-23(30(34)35)24(16-20)37-18-19-8-4-3-5-9-19/h3-13,16H,2,14-15,17-18H2,1H3. The molecule has 10 nitrogen and oxygen atoms in total. The molecular formula is C27H25N3O7. The second-order valence-electron chi connectivity index (χ2n) is 8.19. The van der Waals surface area contributed by atoms with Crippen molar-refractivity contribution in [2.45, 2.75) is 20.0 Å². The summed E-state index contributed by atoms with van der Waals surface area (Å²) < 4.78 is 10.7. The average molecular weight is 504 g/mol. The lowest BCUT2D eigenvalue weighted by Gasteiger charge is -2.25. The number of carbonyl (C=O) groups excluding carboxylic acids is 3. The molecule has 190 valence electrons. The number of amides is 2. The van der Waals surface area contributed by atoms with Crippen LogP contribution in [0.15, 0.2) is 72.8 Å². The lowest BCUT2D eigenvalue weighted by molar-refractivity contribution is -0.385. The summed E-state index contributed by atoms with van der Waals surface area (Å²) in [6, 6.07) is 19.9. The molecule has 2 amide bonds. The molecule has 1 heterocycles. The van der Waals surface area contributed by atoms with Gasteiger partial charge in [-0.2, -0.15) is 0 Å². The van der Waals surface area contributed by atoms with E-state index in [9.17, 15) is 24.5 Å². The van der Waals surface area contributed by atoms with Crippen molar-refractivity contribution in [1.82, 2.24) is 0 Å². The summed E-state index contributed by atoms with van der Waals surface area (Å²) in [5.41, 5.74) is 1.55. The van der Waals surface area contributed by atoms with Gasteiger partial charge in [0.25, 0.3) is 5.91 Å². The fourth-order valence-corrected chi connectivity index (χ4v) is 4.04. The van der Waals surface area contributed by atoms with Crippen LogP contribution < -0.4 is 14.5 Å². The van der Waals surface area contributed by atoms with Gasteiger partial charge in [-0.3, -0.25) is 29.4 Å². The number of nitrogens with zero attached hydrogens (tertiary/aromatic N) is 3. The van der Waals surface area contributed by atoms with Gasteiger partial charge in [-0.05, 0) is 30.7 Å². The minimum atomic E-state index is -0.568. The predicted octanol–water partition coefficient (Wildman–Crippen LogP) is 4.12. The van der Waals surface area contributed by atoms with E-state index in [-0.39, 0.29) is 55.6 Å². The van der Waals surface area contributed by atoms with Gasteiger partial charge in [0.15, 0.2) is 5.75 Å². The van der Waals surface area contributed by atoms with E-state index in [0.717, 1.165) is 5.56 Å². The van der Waals surface area contributed by atoms with Crippen molar-refractivity contribution in [2.24, 2.45) is 0 Å². The zero-order valence-electron chi connectivity index (χ0n) is 20.2. The van der Waals surface area contributed by atoms with Crippen LogP contribution in [0.4, 0.5) is 17.1 Å². The summed E-state index contributed by atoms with van der Waals surface area (Å²) >= 11 is 0. The molecule has 0 fully saturated rings. The average Bonchev–Trinajstić information content (AvgIpc) is 3.04. The molecule has 0 atom stereocenters. The Balaban J connectivity index is 1.65. The van der Waals surface area contributed by atoms with Crippen molar-refractivity contribution in [3.8, 4) is 5.75 Å². The molecule has 1 aliphatic heterocycles. The monoisotopic (exact) mass is 503 g/mol. The van der Waals surface area contributed by atoms with Crippen LogP contribution in [0.1, 0.15) is 29.3 Å². The summed E-state index contributed by atoms with van der Waals surface area (Å²) in [7, 11) is 0. The molecule has 1 aliphatic rings. The maximum atomic E-state index is 13.6. The van der Waals surface area contributed by atoms with E-state index >= 15 is 0 Å². The van der Waals surface area contributed by atoms with E-state index in [1.165, 1.54) is 28.0 Å².